The Bertz CT molecular complexity index is 1990. The van der Waals surface area contributed by atoms with Crippen LogP contribution in [0, 0.1) is 22.7 Å². The number of nitrogen functional groups attached to an aromatic ring is 1. The smallest absolute Gasteiger partial charge is 0.240 e. The highest BCUT2D eigenvalue weighted by atomic mass is 28.3. The fourth-order valence-corrected chi connectivity index (χ4v) is 14.0. The number of benzene rings is 4. The van der Waals surface area contributed by atoms with Crippen molar-refractivity contribution in [1.29, 1.82) is 0 Å². The molecule has 0 aliphatic heterocycles. The van der Waals surface area contributed by atoms with Crippen LogP contribution < -0.4 is 26.5 Å². The third-order valence-corrected chi connectivity index (χ3v) is 16.0. The van der Waals surface area contributed by atoms with Gasteiger partial charge in [-0.1, -0.05) is 163 Å². The lowest BCUT2D eigenvalue weighted by Crippen LogP contribution is -2.56. The molecule has 2 unspecified atom stereocenters. The maximum absolute atomic E-state index is 7.81. The van der Waals surface area contributed by atoms with Gasteiger partial charge in [-0.2, -0.15) is 0 Å². The molecule has 1 aliphatic rings. The lowest BCUT2D eigenvalue weighted by Gasteiger charge is -2.47. The predicted octanol–water partition coefficient (Wildman–Crippen LogP) is 5.91. The van der Waals surface area contributed by atoms with Gasteiger partial charge in [0.15, 0.2) is 11.5 Å². The van der Waals surface area contributed by atoms with Crippen molar-refractivity contribution < 1.29 is 8.85 Å². The molecule has 274 valence electrons. The zero-order valence-electron chi connectivity index (χ0n) is 31.8. The summed E-state index contributed by atoms with van der Waals surface area (Å²) >= 11 is 0. The molecule has 1 saturated carbocycles. The van der Waals surface area contributed by atoms with E-state index in [9.17, 15) is 0 Å². The first-order chi connectivity index (χ1) is 25.5. The van der Waals surface area contributed by atoms with Crippen molar-refractivity contribution in [3.8, 4) is 0 Å². The van der Waals surface area contributed by atoms with Crippen LogP contribution in [-0.4, -0.2) is 49.8 Å². The van der Waals surface area contributed by atoms with Crippen molar-refractivity contribution in [3.05, 3.63) is 134 Å². The molecule has 7 rings (SSSR count). The molecule has 2 aromatic heterocycles. The first-order valence-electron chi connectivity index (χ1n) is 18.9. The van der Waals surface area contributed by atoms with Gasteiger partial charge in [-0.25, -0.2) is 15.0 Å². The Balaban J connectivity index is 1.38. The third-order valence-electron chi connectivity index (χ3n) is 10.9. The summed E-state index contributed by atoms with van der Waals surface area (Å²) in [6.07, 6.45) is 5.25. The Morgan fingerprint density at radius 3 is 1.47 bits per heavy atom. The van der Waals surface area contributed by atoms with Crippen LogP contribution in [0.4, 0.5) is 5.82 Å². The van der Waals surface area contributed by atoms with E-state index in [1.165, 1.54) is 20.7 Å². The number of aromatic nitrogens is 4. The van der Waals surface area contributed by atoms with E-state index in [-0.39, 0.29) is 40.9 Å². The van der Waals surface area contributed by atoms with Gasteiger partial charge in [0.25, 0.3) is 0 Å². The molecule has 0 bridgehead atoms. The Labute approximate surface area is 318 Å². The van der Waals surface area contributed by atoms with Gasteiger partial charge < -0.3 is 19.2 Å². The van der Waals surface area contributed by atoms with Crippen LogP contribution in [0.3, 0.4) is 0 Å². The number of hydrogen-bond acceptors (Lipinski definition) is 6. The Morgan fingerprint density at radius 1 is 0.604 bits per heavy atom. The predicted molar refractivity (Wildman–Crippen MR) is 222 cm³/mol. The topological polar surface area (TPSA) is 88.1 Å². The molecule has 53 heavy (non-hydrogen) atoms. The average molecular weight is 740 g/mol. The van der Waals surface area contributed by atoms with Gasteiger partial charge in [-0.3, -0.25) is 0 Å². The highest BCUT2D eigenvalue weighted by Crippen LogP contribution is 2.52. The quantitative estimate of drug-likeness (QED) is 0.166. The van der Waals surface area contributed by atoms with Crippen LogP contribution in [0.25, 0.3) is 11.2 Å². The summed E-state index contributed by atoms with van der Waals surface area (Å²) in [4.78, 5) is 13.8. The number of anilines is 1. The van der Waals surface area contributed by atoms with Gasteiger partial charge in [0.05, 0.1) is 18.5 Å². The van der Waals surface area contributed by atoms with Crippen molar-refractivity contribution >= 4 is 55.8 Å². The molecule has 2 N–H and O–H groups in total. The monoisotopic (exact) mass is 739 g/mol. The number of fused-ring (bicyclic) bond motifs is 1. The molecule has 0 radical (unpaired) electrons. The lowest BCUT2D eigenvalue weighted by atomic mass is 9.70. The standard InChI is InChI=1S/C44H53N5O2Si2/c1-43(2,3)39(50-52(31-19-11-7-12-20-31)32-21-13-8-14-22-32)35-27-28-36(49-30-48-38-41(45)46-29-47-42(38)49)37(35)40(44(4,5)6)51-53(33-23-15-9-16-24-33)34-25-17-10-18-26-34/h7-26,29-30,35-37,39-40,52-53H,27-28H2,1-6H3,(H2,45,46,47)/t35-,36+,37+,39?,40?/m0/s1. The van der Waals surface area contributed by atoms with Gasteiger partial charge in [-0.05, 0) is 50.3 Å². The van der Waals surface area contributed by atoms with E-state index >= 15 is 0 Å². The summed E-state index contributed by atoms with van der Waals surface area (Å²) in [6, 6.07) is 43.5. The summed E-state index contributed by atoms with van der Waals surface area (Å²) in [5.41, 5.74) is 7.42. The van der Waals surface area contributed by atoms with Gasteiger partial charge >= 0.3 is 0 Å². The Morgan fingerprint density at radius 2 is 1.04 bits per heavy atom. The van der Waals surface area contributed by atoms with E-state index in [0.717, 1.165) is 18.5 Å². The number of imidazole rings is 1. The van der Waals surface area contributed by atoms with Crippen LogP contribution in [0.15, 0.2) is 134 Å². The largest absolute Gasteiger partial charge is 0.407 e. The first-order valence-corrected chi connectivity index (χ1v) is 22.2. The molecule has 7 nitrogen and oxygen atoms in total. The molecule has 0 amide bonds. The summed E-state index contributed by atoms with van der Waals surface area (Å²) in [6.45, 7) is 14.1. The van der Waals surface area contributed by atoms with Crippen molar-refractivity contribution in [3.63, 3.8) is 0 Å². The average Bonchev–Trinajstić information content (AvgIpc) is 3.78. The molecular weight excluding hydrogens is 687 g/mol. The van der Waals surface area contributed by atoms with Crippen LogP contribution in [0.1, 0.15) is 60.4 Å². The highest BCUT2D eigenvalue weighted by Gasteiger charge is 2.53. The molecule has 1 fully saturated rings. The Kier molecular flexibility index (Phi) is 10.8. The highest BCUT2D eigenvalue weighted by molar-refractivity contribution is 6.80. The molecule has 0 spiro atoms. The summed E-state index contributed by atoms with van der Waals surface area (Å²) in [5.74, 6) is 0.667. The molecule has 0 saturated heterocycles. The minimum Gasteiger partial charge on any atom is -0.407 e. The van der Waals surface area contributed by atoms with E-state index in [4.69, 9.17) is 24.6 Å². The zero-order chi connectivity index (χ0) is 37.2. The minimum absolute atomic E-state index is 0.0499. The minimum atomic E-state index is -2.16. The van der Waals surface area contributed by atoms with Crippen molar-refractivity contribution in [2.45, 2.75) is 72.6 Å². The van der Waals surface area contributed by atoms with Gasteiger partial charge in [-0.15, -0.1) is 0 Å². The molecule has 2 heterocycles. The summed E-state index contributed by atoms with van der Waals surface area (Å²) in [7, 11) is -4.27. The fraction of sp³-hybridized carbons (Fsp3) is 0.341. The number of nitrogens with zero attached hydrogens (tertiary/aromatic N) is 4. The Hall–Kier alpha value is -4.42. The maximum Gasteiger partial charge on any atom is 0.240 e. The number of nitrogens with two attached hydrogens (primary N) is 1. The second kappa shape index (κ2) is 15.5. The van der Waals surface area contributed by atoms with E-state index in [2.05, 4.69) is 172 Å². The number of hydrogen-bond donors (Lipinski definition) is 1. The molecule has 1 aliphatic carbocycles. The van der Waals surface area contributed by atoms with E-state index in [1.807, 2.05) is 6.33 Å². The van der Waals surface area contributed by atoms with Crippen molar-refractivity contribution in [1.82, 2.24) is 19.5 Å². The van der Waals surface area contributed by atoms with E-state index in [1.54, 1.807) is 6.33 Å². The third kappa shape index (κ3) is 7.94. The van der Waals surface area contributed by atoms with Gasteiger partial charge in [0.1, 0.15) is 11.8 Å². The zero-order valence-corrected chi connectivity index (χ0v) is 34.1. The number of rotatable bonds is 11. The molecule has 5 atom stereocenters. The van der Waals surface area contributed by atoms with Gasteiger partial charge in [0.2, 0.25) is 18.1 Å². The lowest BCUT2D eigenvalue weighted by molar-refractivity contribution is -0.0486. The second-order valence-corrected chi connectivity index (χ2v) is 21.4. The fourth-order valence-electron chi connectivity index (χ4n) is 8.57. The molecule has 4 aromatic carbocycles. The van der Waals surface area contributed by atoms with Crippen LogP contribution >= 0.6 is 0 Å². The maximum atomic E-state index is 7.81. The van der Waals surface area contributed by atoms with Crippen molar-refractivity contribution in [2.75, 3.05) is 5.73 Å². The van der Waals surface area contributed by atoms with Crippen LogP contribution in [-0.2, 0) is 8.85 Å². The normalized spacial score (nSPS) is 19.2. The van der Waals surface area contributed by atoms with Gasteiger partial charge in [0, 0.05) is 12.0 Å². The summed E-state index contributed by atoms with van der Waals surface area (Å²) in [5, 5.41) is 5.13. The van der Waals surface area contributed by atoms with E-state index < -0.39 is 18.1 Å². The molecular formula is C44H53N5O2Si2. The SMILES string of the molecule is CC(C)(C)C(O[SiH](c1ccccc1)c1ccccc1)[C@@H]1[C@@H](C(O[SiH](c2ccccc2)c2ccccc2)C(C)(C)C)CC[C@H]1n1cnc2c(N)ncnc21. The molecule has 6 aromatic rings. The first kappa shape index (κ1) is 36.9. The van der Waals surface area contributed by atoms with Crippen LogP contribution in [0.2, 0.25) is 0 Å². The van der Waals surface area contributed by atoms with Crippen LogP contribution in [0.5, 0.6) is 0 Å². The molecule has 9 heteroatoms. The van der Waals surface area contributed by atoms with Crippen molar-refractivity contribution in [2.24, 2.45) is 22.7 Å². The van der Waals surface area contributed by atoms with E-state index in [0.29, 0.717) is 11.3 Å². The second-order valence-electron chi connectivity index (χ2n) is 16.7. The summed E-state index contributed by atoms with van der Waals surface area (Å²) < 4.78 is 17.8.